The highest BCUT2D eigenvalue weighted by atomic mass is 16.3. The molecule has 3 aromatic rings. The van der Waals surface area contributed by atoms with Gasteiger partial charge in [0.25, 0.3) is 0 Å². The van der Waals surface area contributed by atoms with Crippen molar-refractivity contribution in [3.05, 3.63) is 48.7 Å². The molecule has 0 spiro atoms. The molecule has 2 aromatic heterocycles. The highest BCUT2D eigenvalue weighted by Crippen LogP contribution is 2.35. The molecule has 5 nitrogen and oxygen atoms in total. The van der Waals surface area contributed by atoms with Crippen molar-refractivity contribution in [3.8, 4) is 5.88 Å². The number of hydrogen-bond acceptors (Lipinski definition) is 4. The van der Waals surface area contributed by atoms with Crippen molar-refractivity contribution in [2.45, 2.75) is 0 Å². The summed E-state index contributed by atoms with van der Waals surface area (Å²) in [6.45, 7) is 0. The van der Waals surface area contributed by atoms with Crippen LogP contribution in [0.2, 0.25) is 0 Å². The first-order valence-electron chi connectivity index (χ1n) is 5.47. The molecule has 0 saturated carbocycles. The summed E-state index contributed by atoms with van der Waals surface area (Å²) in [6, 6.07) is 12.9. The molecule has 0 unspecified atom stereocenters. The molecule has 0 aliphatic carbocycles. The van der Waals surface area contributed by atoms with Gasteiger partial charge in [-0.1, -0.05) is 24.3 Å². The minimum atomic E-state index is 0.0101. The second-order valence-corrected chi connectivity index (χ2v) is 3.76. The van der Waals surface area contributed by atoms with E-state index < -0.39 is 0 Å². The van der Waals surface area contributed by atoms with Gasteiger partial charge >= 0.3 is 0 Å². The van der Waals surface area contributed by atoms with Crippen LogP contribution in [0.4, 0.5) is 11.5 Å². The van der Waals surface area contributed by atoms with Crippen LogP contribution in [-0.2, 0) is 0 Å². The zero-order valence-electron chi connectivity index (χ0n) is 9.41. The lowest BCUT2D eigenvalue weighted by Gasteiger charge is -1.91. The fourth-order valence-electron chi connectivity index (χ4n) is 1.73. The van der Waals surface area contributed by atoms with Gasteiger partial charge in [-0.3, -0.25) is 0 Å². The standard InChI is InChI=1S/C13H10N4O/c18-13-12(9-5-1-2-6-10(9)15-13)17-16-11-7-3-4-8-14-11/h1-8,15,18H. The van der Waals surface area contributed by atoms with Gasteiger partial charge < -0.3 is 10.1 Å². The van der Waals surface area contributed by atoms with E-state index in [-0.39, 0.29) is 5.88 Å². The third-order valence-electron chi connectivity index (χ3n) is 2.56. The third kappa shape index (κ3) is 1.82. The number of para-hydroxylation sites is 1. The summed E-state index contributed by atoms with van der Waals surface area (Å²) in [6.07, 6.45) is 1.64. The largest absolute Gasteiger partial charge is 0.493 e. The molecule has 0 aliphatic heterocycles. The van der Waals surface area contributed by atoms with Gasteiger partial charge in [-0.25, -0.2) is 4.98 Å². The normalized spacial score (nSPS) is 11.3. The number of pyridine rings is 1. The number of rotatable bonds is 2. The second-order valence-electron chi connectivity index (χ2n) is 3.76. The van der Waals surface area contributed by atoms with E-state index in [0.717, 1.165) is 10.9 Å². The lowest BCUT2D eigenvalue weighted by atomic mass is 10.2. The number of nitrogens with zero attached hydrogens (tertiary/aromatic N) is 3. The maximum atomic E-state index is 9.78. The smallest absolute Gasteiger partial charge is 0.218 e. The molecule has 0 atom stereocenters. The molecule has 0 bridgehead atoms. The Balaban J connectivity index is 2.05. The zero-order chi connectivity index (χ0) is 12.4. The minimum absolute atomic E-state index is 0.0101. The van der Waals surface area contributed by atoms with Crippen molar-refractivity contribution in [2.75, 3.05) is 0 Å². The average molecular weight is 238 g/mol. The van der Waals surface area contributed by atoms with E-state index in [1.807, 2.05) is 36.4 Å². The predicted molar refractivity (Wildman–Crippen MR) is 68.4 cm³/mol. The molecule has 0 fully saturated rings. The summed E-state index contributed by atoms with van der Waals surface area (Å²) >= 11 is 0. The average Bonchev–Trinajstić information content (AvgIpc) is 2.73. The second kappa shape index (κ2) is 4.29. The van der Waals surface area contributed by atoms with Crippen LogP contribution in [0.3, 0.4) is 0 Å². The van der Waals surface area contributed by atoms with Crippen molar-refractivity contribution < 1.29 is 5.11 Å². The number of aromatic hydroxyl groups is 1. The Kier molecular flexibility index (Phi) is 2.49. The number of azo groups is 1. The highest BCUT2D eigenvalue weighted by Gasteiger charge is 2.09. The van der Waals surface area contributed by atoms with Gasteiger partial charge in [0.05, 0.1) is 5.52 Å². The molecule has 2 N–H and O–H groups in total. The van der Waals surface area contributed by atoms with E-state index in [0.29, 0.717) is 11.5 Å². The summed E-state index contributed by atoms with van der Waals surface area (Å²) in [5.41, 5.74) is 1.25. The van der Waals surface area contributed by atoms with Crippen LogP contribution in [0.25, 0.3) is 10.9 Å². The molecular formula is C13H10N4O. The van der Waals surface area contributed by atoms with Crippen molar-refractivity contribution in [1.29, 1.82) is 0 Å². The van der Waals surface area contributed by atoms with Gasteiger partial charge in [0.2, 0.25) is 5.88 Å². The Hall–Kier alpha value is -2.69. The molecule has 0 radical (unpaired) electrons. The molecule has 3 rings (SSSR count). The Morgan fingerprint density at radius 2 is 1.83 bits per heavy atom. The van der Waals surface area contributed by atoms with E-state index in [2.05, 4.69) is 20.2 Å². The number of aromatic amines is 1. The molecule has 0 amide bonds. The van der Waals surface area contributed by atoms with E-state index in [1.54, 1.807) is 12.3 Å². The van der Waals surface area contributed by atoms with E-state index in [4.69, 9.17) is 0 Å². The number of hydrogen-bond donors (Lipinski definition) is 2. The molecule has 88 valence electrons. The first kappa shape index (κ1) is 10.5. The van der Waals surface area contributed by atoms with Gasteiger partial charge in [-0.2, -0.15) is 0 Å². The number of aromatic nitrogens is 2. The number of benzene rings is 1. The molecule has 2 heterocycles. The molecule has 18 heavy (non-hydrogen) atoms. The van der Waals surface area contributed by atoms with Crippen LogP contribution in [-0.4, -0.2) is 15.1 Å². The lowest BCUT2D eigenvalue weighted by Crippen LogP contribution is -1.69. The Morgan fingerprint density at radius 3 is 2.67 bits per heavy atom. The predicted octanol–water partition coefficient (Wildman–Crippen LogP) is 3.68. The van der Waals surface area contributed by atoms with Gasteiger partial charge in [0.15, 0.2) is 11.5 Å². The van der Waals surface area contributed by atoms with Crippen LogP contribution in [0, 0.1) is 0 Å². The van der Waals surface area contributed by atoms with Crippen LogP contribution in [0.15, 0.2) is 58.9 Å². The minimum Gasteiger partial charge on any atom is -0.493 e. The summed E-state index contributed by atoms with van der Waals surface area (Å²) in [7, 11) is 0. The quantitative estimate of drug-likeness (QED) is 0.668. The fraction of sp³-hybridized carbons (Fsp3) is 0. The molecule has 5 heteroatoms. The Labute approximate surface area is 103 Å². The topological polar surface area (TPSA) is 73.6 Å². The van der Waals surface area contributed by atoms with E-state index in [9.17, 15) is 5.11 Å². The van der Waals surface area contributed by atoms with Crippen LogP contribution in [0.1, 0.15) is 0 Å². The van der Waals surface area contributed by atoms with Gasteiger partial charge in [-0.15, -0.1) is 10.2 Å². The van der Waals surface area contributed by atoms with Crippen molar-refractivity contribution in [3.63, 3.8) is 0 Å². The molecule has 1 aromatic carbocycles. The zero-order valence-corrected chi connectivity index (χ0v) is 9.41. The first-order chi connectivity index (χ1) is 8.84. The summed E-state index contributed by atoms with van der Waals surface area (Å²) in [5, 5.41) is 18.7. The van der Waals surface area contributed by atoms with Crippen molar-refractivity contribution in [1.82, 2.24) is 9.97 Å². The Bertz CT molecular complexity index is 703. The summed E-state index contributed by atoms with van der Waals surface area (Å²) in [4.78, 5) is 6.88. The van der Waals surface area contributed by atoms with Crippen LogP contribution in [0.5, 0.6) is 5.88 Å². The maximum Gasteiger partial charge on any atom is 0.218 e. The number of fused-ring (bicyclic) bond motifs is 1. The van der Waals surface area contributed by atoms with Gasteiger partial charge in [0, 0.05) is 11.6 Å². The number of H-pyrrole nitrogens is 1. The monoisotopic (exact) mass is 238 g/mol. The highest BCUT2D eigenvalue weighted by molar-refractivity contribution is 5.93. The van der Waals surface area contributed by atoms with Crippen molar-refractivity contribution >= 4 is 22.4 Å². The first-order valence-corrected chi connectivity index (χ1v) is 5.47. The number of nitrogens with one attached hydrogen (secondary N) is 1. The third-order valence-corrected chi connectivity index (χ3v) is 2.56. The Morgan fingerprint density at radius 1 is 1.00 bits per heavy atom. The van der Waals surface area contributed by atoms with Gasteiger partial charge in [-0.05, 0) is 18.2 Å². The van der Waals surface area contributed by atoms with Crippen LogP contribution >= 0.6 is 0 Å². The molecule has 0 aliphatic rings. The lowest BCUT2D eigenvalue weighted by molar-refractivity contribution is 0.459. The SMILES string of the molecule is Oc1[nH]c2ccccc2c1N=Nc1ccccn1. The molecule has 0 saturated heterocycles. The van der Waals surface area contributed by atoms with E-state index >= 15 is 0 Å². The summed E-state index contributed by atoms with van der Waals surface area (Å²) < 4.78 is 0. The van der Waals surface area contributed by atoms with E-state index in [1.165, 1.54) is 0 Å². The maximum absolute atomic E-state index is 9.78. The van der Waals surface area contributed by atoms with Gasteiger partial charge in [0.1, 0.15) is 0 Å². The molecular weight excluding hydrogens is 228 g/mol. The van der Waals surface area contributed by atoms with Crippen molar-refractivity contribution in [2.24, 2.45) is 10.2 Å². The fourth-order valence-corrected chi connectivity index (χ4v) is 1.73. The van der Waals surface area contributed by atoms with Crippen LogP contribution < -0.4 is 0 Å². The summed E-state index contributed by atoms with van der Waals surface area (Å²) in [5.74, 6) is 0.512.